The van der Waals surface area contributed by atoms with Crippen molar-refractivity contribution >= 4 is 16.7 Å². The van der Waals surface area contributed by atoms with Gasteiger partial charge in [-0.1, -0.05) is 51.0 Å². The van der Waals surface area contributed by atoms with Crippen LogP contribution in [0.1, 0.15) is 56.5 Å². The molecule has 4 aromatic rings. The normalized spacial score (nSPS) is 19.2. The number of pyridine rings is 1. The van der Waals surface area contributed by atoms with Crippen LogP contribution in [0.5, 0.6) is 0 Å². The van der Waals surface area contributed by atoms with Crippen molar-refractivity contribution in [3.05, 3.63) is 94.6 Å². The molecule has 210 valence electrons. The smallest absolute Gasteiger partial charge is 0.275 e. The molecule has 1 fully saturated rings. The lowest BCUT2D eigenvalue weighted by atomic mass is 9.77. The Morgan fingerprint density at radius 3 is 2.73 bits per heavy atom. The van der Waals surface area contributed by atoms with Crippen molar-refractivity contribution in [1.82, 2.24) is 25.0 Å². The van der Waals surface area contributed by atoms with Gasteiger partial charge in [-0.2, -0.15) is 5.10 Å². The van der Waals surface area contributed by atoms with E-state index in [0.717, 1.165) is 41.9 Å². The summed E-state index contributed by atoms with van der Waals surface area (Å²) in [6.45, 7) is 6.78. The van der Waals surface area contributed by atoms with Crippen LogP contribution in [0, 0.1) is 11.8 Å². The first kappa shape index (κ1) is 27.8. The summed E-state index contributed by atoms with van der Waals surface area (Å²) >= 11 is 0. The van der Waals surface area contributed by atoms with Crippen LogP contribution in [0.15, 0.2) is 76.4 Å². The molecule has 0 saturated heterocycles. The fourth-order valence-electron chi connectivity index (χ4n) is 5.97. The van der Waals surface area contributed by atoms with Gasteiger partial charge in [0.1, 0.15) is 12.3 Å². The Hall–Kier alpha value is -3.78. The zero-order valence-electron chi connectivity index (χ0n) is 23.5. The topological polar surface area (TPSA) is 93.3 Å². The van der Waals surface area contributed by atoms with Crippen molar-refractivity contribution in [2.45, 2.75) is 65.1 Å². The molecular weight excluding hydrogens is 502 g/mol. The van der Waals surface area contributed by atoms with E-state index in [1.807, 2.05) is 42.5 Å². The molecule has 1 aromatic carbocycles. The molecular formula is C32H39N5O3. The van der Waals surface area contributed by atoms with Crippen molar-refractivity contribution in [3.63, 3.8) is 0 Å². The largest absolute Gasteiger partial charge is 0.468 e. The first-order valence-corrected chi connectivity index (χ1v) is 14.4. The van der Waals surface area contributed by atoms with E-state index < -0.39 is 0 Å². The molecule has 1 saturated carbocycles. The second-order valence-electron chi connectivity index (χ2n) is 11.1. The van der Waals surface area contributed by atoms with Crippen molar-refractivity contribution < 1.29 is 9.21 Å². The summed E-state index contributed by atoms with van der Waals surface area (Å²) < 4.78 is 6.95. The van der Waals surface area contributed by atoms with Crippen LogP contribution in [-0.4, -0.2) is 44.7 Å². The molecule has 0 spiro atoms. The van der Waals surface area contributed by atoms with Crippen LogP contribution in [0.2, 0.25) is 0 Å². The first-order chi connectivity index (χ1) is 19.5. The van der Waals surface area contributed by atoms with Gasteiger partial charge in [0.05, 0.1) is 23.9 Å². The number of hydrogen-bond acceptors (Lipinski definition) is 6. The molecule has 3 heterocycles. The standard InChI is InChI=1S/C32H39N5O3/c1-23-9-5-14-30(24(23)2)36(21-26-11-7-18-40-26)17-8-16-34-31(38)22-37-32(39)28-13-4-3-12-27(28)29(35-37)19-25-10-6-15-33-20-25/h3-4,6-7,10-13,15,18,20,23-24,30H,5,8-9,14,16-17,19,21-22H2,1-2H3,(H,34,38)/t23-,24+,30+/m1/s1. The van der Waals surface area contributed by atoms with E-state index in [1.54, 1.807) is 24.7 Å². The minimum Gasteiger partial charge on any atom is -0.468 e. The number of benzene rings is 1. The van der Waals surface area contributed by atoms with Crippen LogP contribution in [0.25, 0.3) is 10.8 Å². The minimum absolute atomic E-state index is 0.114. The summed E-state index contributed by atoms with van der Waals surface area (Å²) in [5.41, 5.74) is 1.49. The minimum atomic E-state index is -0.259. The maximum Gasteiger partial charge on any atom is 0.275 e. The molecule has 1 aliphatic carbocycles. The zero-order chi connectivity index (χ0) is 27.9. The average molecular weight is 542 g/mol. The molecule has 0 radical (unpaired) electrons. The highest BCUT2D eigenvalue weighted by atomic mass is 16.3. The third-order valence-corrected chi connectivity index (χ3v) is 8.35. The third kappa shape index (κ3) is 6.67. The van der Waals surface area contributed by atoms with Gasteiger partial charge in [-0.25, -0.2) is 4.68 Å². The third-order valence-electron chi connectivity index (χ3n) is 8.35. The number of hydrogen-bond donors (Lipinski definition) is 1. The first-order valence-electron chi connectivity index (χ1n) is 14.4. The van der Waals surface area contributed by atoms with E-state index in [2.05, 4.69) is 34.1 Å². The van der Waals surface area contributed by atoms with Gasteiger partial charge < -0.3 is 9.73 Å². The molecule has 8 nitrogen and oxygen atoms in total. The highest BCUT2D eigenvalue weighted by Gasteiger charge is 2.31. The number of carbonyl (C=O) groups is 1. The predicted molar refractivity (Wildman–Crippen MR) is 156 cm³/mol. The summed E-state index contributed by atoms with van der Waals surface area (Å²) in [6.07, 6.45) is 10.3. The van der Waals surface area contributed by atoms with Crippen LogP contribution in [0.3, 0.4) is 0 Å². The highest BCUT2D eigenvalue weighted by Crippen LogP contribution is 2.33. The van der Waals surface area contributed by atoms with Gasteiger partial charge in [0.25, 0.3) is 5.56 Å². The number of amides is 1. The van der Waals surface area contributed by atoms with E-state index in [4.69, 9.17) is 4.42 Å². The second-order valence-corrected chi connectivity index (χ2v) is 11.1. The van der Waals surface area contributed by atoms with Gasteiger partial charge in [-0.15, -0.1) is 0 Å². The van der Waals surface area contributed by atoms with Crippen LogP contribution < -0.4 is 10.9 Å². The molecule has 8 heteroatoms. The summed E-state index contributed by atoms with van der Waals surface area (Å²) in [6, 6.07) is 15.8. The lowest BCUT2D eigenvalue weighted by molar-refractivity contribution is -0.121. The van der Waals surface area contributed by atoms with E-state index in [1.165, 1.54) is 23.9 Å². The number of rotatable bonds is 11. The van der Waals surface area contributed by atoms with Crippen molar-refractivity contribution in [3.8, 4) is 0 Å². The molecule has 5 rings (SSSR count). The molecule has 1 amide bonds. The number of fused-ring (bicyclic) bond motifs is 1. The molecule has 0 bridgehead atoms. The molecule has 3 atom stereocenters. The van der Waals surface area contributed by atoms with Gasteiger partial charge in [-0.3, -0.25) is 19.5 Å². The molecule has 1 aliphatic rings. The lowest BCUT2D eigenvalue weighted by Crippen LogP contribution is -2.44. The van der Waals surface area contributed by atoms with Gasteiger partial charge in [0.15, 0.2) is 0 Å². The van der Waals surface area contributed by atoms with Gasteiger partial charge in [0.2, 0.25) is 5.91 Å². The number of carbonyl (C=O) groups excluding carboxylic acids is 1. The van der Waals surface area contributed by atoms with Crippen molar-refractivity contribution in [1.29, 1.82) is 0 Å². The van der Waals surface area contributed by atoms with E-state index in [9.17, 15) is 9.59 Å². The number of furan rings is 1. The summed E-state index contributed by atoms with van der Waals surface area (Å²) in [5, 5.41) is 8.99. The van der Waals surface area contributed by atoms with Gasteiger partial charge >= 0.3 is 0 Å². The Bertz CT molecular complexity index is 1450. The Balaban J connectivity index is 1.22. The van der Waals surface area contributed by atoms with Crippen molar-refractivity contribution in [2.75, 3.05) is 13.1 Å². The Morgan fingerprint density at radius 2 is 1.95 bits per heavy atom. The molecule has 1 N–H and O–H groups in total. The maximum atomic E-state index is 13.2. The number of nitrogens with one attached hydrogen (secondary N) is 1. The monoisotopic (exact) mass is 541 g/mol. The Morgan fingerprint density at radius 1 is 1.10 bits per heavy atom. The fourth-order valence-corrected chi connectivity index (χ4v) is 5.97. The average Bonchev–Trinajstić information content (AvgIpc) is 3.48. The lowest BCUT2D eigenvalue weighted by Gasteiger charge is -2.41. The van der Waals surface area contributed by atoms with Crippen LogP contribution in [0.4, 0.5) is 0 Å². The Labute approximate surface area is 235 Å². The summed E-state index contributed by atoms with van der Waals surface area (Å²) in [7, 11) is 0. The van der Waals surface area contributed by atoms with E-state index >= 15 is 0 Å². The van der Waals surface area contributed by atoms with Crippen LogP contribution in [-0.2, 0) is 24.3 Å². The second kappa shape index (κ2) is 13.0. The number of nitrogens with zero attached hydrogens (tertiary/aromatic N) is 4. The fraction of sp³-hybridized carbons (Fsp3) is 0.438. The highest BCUT2D eigenvalue weighted by molar-refractivity contribution is 5.84. The quantitative estimate of drug-likeness (QED) is 0.274. The van der Waals surface area contributed by atoms with Gasteiger partial charge in [-0.05, 0) is 54.5 Å². The number of aromatic nitrogens is 3. The maximum absolute atomic E-state index is 13.2. The van der Waals surface area contributed by atoms with Crippen molar-refractivity contribution in [2.24, 2.45) is 11.8 Å². The van der Waals surface area contributed by atoms with E-state index in [0.29, 0.717) is 36.2 Å². The molecule has 0 unspecified atom stereocenters. The summed E-state index contributed by atoms with van der Waals surface area (Å²) in [4.78, 5) is 32.8. The Kier molecular flexibility index (Phi) is 9.06. The van der Waals surface area contributed by atoms with E-state index in [-0.39, 0.29) is 18.0 Å². The summed E-state index contributed by atoms with van der Waals surface area (Å²) in [5.74, 6) is 2.08. The molecule has 40 heavy (non-hydrogen) atoms. The molecule has 0 aliphatic heterocycles. The molecule has 3 aromatic heterocycles. The predicted octanol–water partition coefficient (Wildman–Crippen LogP) is 4.81. The van der Waals surface area contributed by atoms with Crippen LogP contribution >= 0.6 is 0 Å². The zero-order valence-corrected chi connectivity index (χ0v) is 23.5. The SMILES string of the molecule is C[C@H]1[C@H](C)CCC[C@@H]1N(CCCNC(=O)Cn1nc(Cc2cccnc2)c2ccccc2c1=O)Cc1ccco1. The van der Waals surface area contributed by atoms with Gasteiger partial charge in [0, 0.05) is 43.3 Å².